The van der Waals surface area contributed by atoms with Crippen molar-refractivity contribution in [2.45, 2.75) is 20.8 Å². The standard InChI is InChI=1S/C8H15NO3/c1-4-12-7(10)5-9-8(11)6(2)3/h6H,4-5H2,1-3H3,(H,9,11). The summed E-state index contributed by atoms with van der Waals surface area (Å²) in [6.07, 6.45) is 0. The summed E-state index contributed by atoms with van der Waals surface area (Å²) in [6.45, 7) is 5.56. The Morgan fingerprint density at radius 3 is 2.42 bits per heavy atom. The molecule has 0 radical (unpaired) electrons. The van der Waals surface area contributed by atoms with Gasteiger partial charge in [-0.2, -0.15) is 0 Å². The Morgan fingerprint density at radius 2 is 2.00 bits per heavy atom. The van der Waals surface area contributed by atoms with E-state index >= 15 is 0 Å². The average Bonchev–Trinajstić information content (AvgIpc) is 2.00. The van der Waals surface area contributed by atoms with E-state index in [4.69, 9.17) is 0 Å². The van der Waals surface area contributed by atoms with Gasteiger partial charge in [0.1, 0.15) is 6.54 Å². The minimum absolute atomic E-state index is 0.0369. The summed E-state index contributed by atoms with van der Waals surface area (Å²) in [5.74, 6) is -0.631. The molecule has 4 nitrogen and oxygen atoms in total. The molecule has 0 bridgehead atoms. The smallest absolute Gasteiger partial charge is 0.325 e. The molecule has 0 saturated heterocycles. The average molecular weight is 173 g/mol. The van der Waals surface area contributed by atoms with Crippen LogP contribution in [0.3, 0.4) is 0 Å². The van der Waals surface area contributed by atoms with Crippen molar-refractivity contribution in [1.82, 2.24) is 5.32 Å². The van der Waals surface area contributed by atoms with Gasteiger partial charge in [-0.15, -0.1) is 0 Å². The first kappa shape index (κ1) is 10.9. The second-order valence-electron chi connectivity index (χ2n) is 2.68. The zero-order chi connectivity index (χ0) is 9.56. The molecule has 1 N–H and O–H groups in total. The summed E-state index contributed by atoms with van der Waals surface area (Å²) < 4.78 is 4.62. The highest BCUT2D eigenvalue weighted by Crippen LogP contribution is 1.89. The van der Waals surface area contributed by atoms with Crippen LogP contribution in [0.1, 0.15) is 20.8 Å². The number of ether oxygens (including phenoxy) is 1. The first-order valence-electron chi connectivity index (χ1n) is 4.01. The minimum atomic E-state index is -0.397. The van der Waals surface area contributed by atoms with Crippen LogP contribution in [0, 0.1) is 5.92 Å². The molecule has 0 unspecified atom stereocenters. The van der Waals surface area contributed by atoms with E-state index in [1.807, 2.05) is 0 Å². The second-order valence-corrected chi connectivity index (χ2v) is 2.68. The van der Waals surface area contributed by atoms with Gasteiger partial charge >= 0.3 is 5.97 Å². The predicted octanol–water partition coefficient (Wildman–Crippen LogP) is 0.322. The molecule has 0 saturated carbocycles. The van der Waals surface area contributed by atoms with Crippen LogP contribution >= 0.6 is 0 Å². The lowest BCUT2D eigenvalue weighted by molar-refractivity contribution is -0.143. The summed E-state index contributed by atoms with van der Waals surface area (Å²) in [6, 6.07) is 0. The van der Waals surface area contributed by atoms with Crippen molar-refractivity contribution in [3.05, 3.63) is 0 Å². The van der Waals surface area contributed by atoms with Gasteiger partial charge < -0.3 is 10.1 Å². The molecule has 0 aromatic carbocycles. The van der Waals surface area contributed by atoms with E-state index in [9.17, 15) is 9.59 Å². The van der Waals surface area contributed by atoms with Gasteiger partial charge in [0.15, 0.2) is 0 Å². The minimum Gasteiger partial charge on any atom is -0.465 e. The number of hydrogen-bond donors (Lipinski definition) is 1. The molecule has 0 atom stereocenters. The van der Waals surface area contributed by atoms with Gasteiger partial charge in [-0.1, -0.05) is 13.8 Å². The molecule has 70 valence electrons. The summed E-state index contributed by atoms with van der Waals surface area (Å²) in [4.78, 5) is 21.7. The molecule has 4 heteroatoms. The van der Waals surface area contributed by atoms with Crippen LogP contribution in [0.25, 0.3) is 0 Å². The van der Waals surface area contributed by atoms with Gasteiger partial charge in [-0.25, -0.2) is 0 Å². The highest BCUT2D eigenvalue weighted by molar-refractivity contribution is 5.82. The third-order valence-corrected chi connectivity index (χ3v) is 1.24. The second kappa shape index (κ2) is 5.57. The molecule has 0 rings (SSSR count). The predicted molar refractivity (Wildman–Crippen MR) is 44.5 cm³/mol. The molecule has 1 amide bonds. The molecule has 0 aliphatic carbocycles. The number of carbonyl (C=O) groups is 2. The summed E-state index contributed by atoms with van der Waals surface area (Å²) in [5, 5.41) is 2.45. The van der Waals surface area contributed by atoms with Crippen LogP contribution in [-0.2, 0) is 14.3 Å². The Morgan fingerprint density at radius 1 is 1.42 bits per heavy atom. The Hall–Kier alpha value is -1.06. The number of nitrogens with one attached hydrogen (secondary N) is 1. The lowest BCUT2D eigenvalue weighted by Crippen LogP contribution is -2.33. The Balaban J connectivity index is 3.54. The molecule has 0 spiro atoms. The van der Waals surface area contributed by atoms with Crippen molar-refractivity contribution in [2.24, 2.45) is 5.92 Å². The fourth-order valence-electron chi connectivity index (χ4n) is 0.575. The van der Waals surface area contributed by atoms with E-state index in [1.165, 1.54) is 0 Å². The van der Waals surface area contributed by atoms with Gasteiger partial charge in [0.2, 0.25) is 5.91 Å². The van der Waals surface area contributed by atoms with E-state index in [1.54, 1.807) is 20.8 Å². The molecule has 0 fully saturated rings. The summed E-state index contributed by atoms with van der Waals surface area (Å²) in [5.41, 5.74) is 0. The van der Waals surface area contributed by atoms with E-state index in [0.29, 0.717) is 6.61 Å². The number of amides is 1. The lowest BCUT2D eigenvalue weighted by Gasteiger charge is -2.06. The Kier molecular flexibility index (Phi) is 5.08. The van der Waals surface area contributed by atoms with Crippen LogP contribution in [0.15, 0.2) is 0 Å². The van der Waals surface area contributed by atoms with Gasteiger partial charge in [0.25, 0.3) is 0 Å². The number of rotatable bonds is 4. The van der Waals surface area contributed by atoms with Crippen molar-refractivity contribution in [3.8, 4) is 0 Å². The zero-order valence-corrected chi connectivity index (χ0v) is 7.72. The van der Waals surface area contributed by atoms with Gasteiger partial charge in [-0.3, -0.25) is 9.59 Å². The number of carbonyl (C=O) groups excluding carboxylic acids is 2. The summed E-state index contributed by atoms with van der Waals surface area (Å²) in [7, 11) is 0. The Bertz CT molecular complexity index is 166. The maximum absolute atomic E-state index is 10.9. The highest BCUT2D eigenvalue weighted by Gasteiger charge is 2.08. The van der Waals surface area contributed by atoms with Gasteiger partial charge in [-0.05, 0) is 6.92 Å². The van der Waals surface area contributed by atoms with Crippen LogP contribution in [0.5, 0.6) is 0 Å². The van der Waals surface area contributed by atoms with Crippen LogP contribution in [-0.4, -0.2) is 25.0 Å². The van der Waals surface area contributed by atoms with E-state index in [-0.39, 0.29) is 18.4 Å². The number of esters is 1. The molecular formula is C8H15NO3. The maximum Gasteiger partial charge on any atom is 0.325 e. The number of hydrogen-bond acceptors (Lipinski definition) is 3. The Labute approximate surface area is 72.3 Å². The summed E-state index contributed by atoms with van der Waals surface area (Å²) >= 11 is 0. The van der Waals surface area contributed by atoms with Gasteiger partial charge in [0, 0.05) is 5.92 Å². The molecular weight excluding hydrogens is 158 g/mol. The largest absolute Gasteiger partial charge is 0.465 e. The van der Waals surface area contributed by atoms with Crippen molar-refractivity contribution < 1.29 is 14.3 Å². The fraction of sp³-hybridized carbons (Fsp3) is 0.750. The van der Waals surface area contributed by atoms with Crippen molar-refractivity contribution in [1.29, 1.82) is 0 Å². The molecule has 0 aromatic heterocycles. The van der Waals surface area contributed by atoms with Crippen LogP contribution in [0.4, 0.5) is 0 Å². The van der Waals surface area contributed by atoms with Crippen LogP contribution in [0.2, 0.25) is 0 Å². The topological polar surface area (TPSA) is 55.4 Å². The first-order chi connectivity index (χ1) is 5.57. The lowest BCUT2D eigenvalue weighted by atomic mass is 10.2. The van der Waals surface area contributed by atoms with Crippen molar-refractivity contribution >= 4 is 11.9 Å². The normalized spacial score (nSPS) is 9.67. The van der Waals surface area contributed by atoms with E-state index < -0.39 is 5.97 Å². The molecule has 0 aromatic rings. The molecule has 0 aliphatic heterocycles. The van der Waals surface area contributed by atoms with Crippen LogP contribution < -0.4 is 5.32 Å². The molecule has 0 heterocycles. The third-order valence-electron chi connectivity index (χ3n) is 1.24. The van der Waals surface area contributed by atoms with Gasteiger partial charge in [0.05, 0.1) is 6.61 Å². The highest BCUT2D eigenvalue weighted by atomic mass is 16.5. The SMILES string of the molecule is CCOC(=O)CNC(=O)C(C)C. The van der Waals surface area contributed by atoms with E-state index in [0.717, 1.165) is 0 Å². The van der Waals surface area contributed by atoms with Crippen molar-refractivity contribution in [2.75, 3.05) is 13.2 Å². The van der Waals surface area contributed by atoms with E-state index in [2.05, 4.69) is 10.1 Å². The quantitative estimate of drug-likeness (QED) is 0.623. The monoisotopic (exact) mass is 173 g/mol. The van der Waals surface area contributed by atoms with Crippen molar-refractivity contribution in [3.63, 3.8) is 0 Å². The third kappa shape index (κ3) is 4.71. The fourth-order valence-corrected chi connectivity index (χ4v) is 0.575. The molecule has 0 aliphatic rings. The first-order valence-corrected chi connectivity index (χ1v) is 4.01. The maximum atomic E-state index is 10.9. The molecule has 12 heavy (non-hydrogen) atoms. The zero-order valence-electron chi connectivity index (χ0n) is 7.72.